The molecule has 0 radical (unpaired) electrons. The van der Waals surface area contributed by atoms with Crippen LogP contribution in [0.4, 0.5) is 0 Å². The van der Waals surface area contributed by atoms with E-state index in [2.05, 4.69) is 36.2 Å². The number of aromatic nitrogens is 2. The first-order valence-electron chi connectivity index (χ1n) is 9.88. The molecule has 0 bridgehead atoms. The SMILES string of the molecule is CN(CCCCC(=O)c1ccc2c(c1)n(C)c(=O)n2C)CCc1ccccc1.Cl. The number of nitrogens with zero attached hydrogens (tertiary/aromatic N) is 3. The van der Waals surface area contributed by atoms with Gasteiger partial charge in [-0.25, -0.2) is 4.79 Å². The number of carbonyl (C=O) groups is 1. The van der Waals surface area contributed by atoms with E-state index in [9.17, 15) is 9.59 Å². The summed E-state index contributed by atoms with van der Waals surface area (Å²) >= 11 is 0. The summed E-state index contributed by atoms with van der Waals surface area (Å²) in [6.45, 7) is 2.02. The molecule has 0 atom stereocenters. The van der Waals surface area contributed by atoms with E-state index in [1.807, 2.05) is 24.3 Å². The van der Waals surface area contributed by atoms with Gasteiger partial charge in [0.05, 0.1) is 11.0 Å². The van der Waals surface area contributed by atoms with Crippen LogP contribution in [0.25, 0.3) is 11.0 Å². The summed E-state index contributed by atoms with van der Waals surface area (Å²) in [4.78, 5) is 26.9. The normalized spacial score (nSPS) is 11.0. The number of unbranched alkanes of at least 4 members (excludes halogenated alkanes) is 1. The Bertz CT molecular complexity index is 1010. The summed E-state index contributed by atoms with van der Waals surface area (Å²) in [5.74, 6) is 0.144. The zero-order valence-corrected chi connectivity index (χ0v) is 18.2. The molecule has 0 N–H and O–H groups in total. The topological polar surface area (TPSA) is 47.2 Å². The summed E-state index contributed by atoms with van der Waals surface area (Å²) in [5, 5.41) is 0. The van der Waals surface area contributed by atoms with Crippen LogP contribution in [-0.2, 0) is 20.5 Å². The Hall–Kier alpha value is -2.37. The van der Waals surface area contributed by atoms with Crippen molar-refractivity contribution in [1.82, 2.24) is 14.0 Å². The largest absolute Gasteiger partial charge is 0.328 e. The van der Waals surface area contributed by atoms with Crippen molar-refractivity contribution in [1.29, 1.82) is 0 Å². The van der Waals surface area contributed by atoms with Crippen molar-refractivity contribution in [2.24, 2.45) is 14.1 Å². The lowest BCUT2D eigenvalue weighted by molar-refractivity contribution is 0.0978. The summed E-state index contributed by atoms with van der Waals surface area (Å²) in [7, 11) is 5.62. The van der Waals surface area contributed by atoms with E-state index < -0.39 is 0 Å². The van der Waals surface area contributed by atoms with E-state index >= 15 is 0 Å². The quantitative estimate of drug-likeness (QED) is 0.394. The number of imidazole rings is 1. The van der Waals surface area contributed by atoms with Crippen LogP contribution < -0.4 is 5.69 Å². The third-order valence-electron chi connectivity index (χ3n) is 5.41. The summed E-state index contributed by atoms with van der Waals surface area (Å²) in [6.07, 6.45) is 3.47. The predicted molar refractivity (Wildman–Crippen MR) is 121 cm³/mol. The lowest BCUT2D eigenvalue weighted by Gasteiger charge is -2.16. The van der Waals surface area contributed by atoms with Gasteiger partial charge in [0.25, 0.3) is 0 Å². The van der Waals surface area contributed by atoms with Crippen LogP contribution in [0, 0.1) is 0 Å². The highest BCUT2D eigenvalue weighted by molar-refractivity contribution is 5.99. The van der Waals surface area contributed by atoms with Gasteiger partial charge in [-0.2, -0.15) is 0 Å². The average molecular weight is 416 g/mol. The number of hydrogen-bond acceptors (Lipinski definition) is 3. The number of likely N-dealkylation sites (N-methyl/N-ethyl adjacent to an activating group) is 1. The summed E-state index contributed by atoms with van der Waals surface area (Å²) in [5.41, 5.74) is 3.63. The van der Waals surface area contributed by atoms with E-state index in [-0.39, 0.29) is 23.9 Å². The van der Waals surface area contributed by atoms with Crippen molar-refractivity contribution >= 4 is 29.2 Å². The zero-order chi connectivity index (χ0) is 20.1. The van der Waals surface area contributed by atoms with Gasteiger partial charge < -0.3 is 4.90 Å². The van der Waals surface area contributed by atoms with Crippen LogP contribution in [0.15, 0.2) is 53.3 Å². The van der Waals surface area contributed by atoms with E-state index in [4.69, 9.17) is 0 Å². The van der Waals surface area contributed by atoms with Crippen LogP contribution in [0.5, 0.6) is 0 Å². The Labute approximate surface area is 178 Å². The number of hydrogen-bond donors (Lipinski definition) is 0. The minimum absolute atomic E-state index is 0. The van der Waals surface area contributed by atoms with Crippen molar-refractivity contribution in [3.8, 4) is 0 Å². The molecule has 5 nitrogen and oxygen atoms in total. The third kappa shape index (κ3) is 5.58. The van der Waals surface area contributed by atoms with Gasteiger partial charge in [0.15, 0.2) is 5.78 Å². The standard InChI is InChI=1S/C23H29N3O2.ClH/c1-24(16-14-18-9-5-4-6-10-18)15-8-7-11-22(27)19-12-13-20-21(17-19)26(3)23(28)25(20)2;/h4-6,9-10,12-13,17H,7-8,11,14-16H2,1-3H3;1H. The van der Waals surface area contributed by atoms with E-state index in [1.165, 1.54) is 5.56 Å². The maximum absolute atomic E-state index is 12.5. The maximum Gasteiger partial charge on any atom is 0.328 e. The van der Waals surface area contributed by atoms with Crippen molar-refractivity contribution in [3.05, 3.63) is 70.1 Å². The highest BCUT2D eigenvalue weighted by Gasteiger charge is 2.12. The minimum atomic E-state index is -0.0712. The van der Waals surface area contributed by atoms with Crippen LogP contribution in [0.1, 0.15) is 35.2 Å². The number of aryl methyl sites for hydroxylation is 2. The molecule has 0 aliphatic carbocycles. The van der Waals surface area contributed by atoms with Gasteiger partial charge in [0, 0.05) is 32.6 Å². The second-order valence-electron chi connectivity index (χ2n) is 7.52. The number of carbonyl (C=O) groups excluding carboxylic acids is 1. The first kappa shape index (κ1) is 22.9. The van der Waals surface area contributed by atoms with E-state index in [0.717, 1.165) is 43.4 Å². The first-order valence-corrected chi connectivity index (χ1v) is 9.88. The van der Waals surface area contributed by atoms with Crippen molar-refractivity contribution in [3.63, 3.8) is 0 Å². The Kier molecular flexibility index (Phi) is 8.23. The smallest absolute Gasteiger partial charge is 0.306 e. The number of fused-ring (bicyclic) bond motifs is 1. The maximum atomic E-state index is 12.5. The van der Waals surface area contributed by atoms with E-state index in [0.29, 0.717) is 12.0 Å². The molecule has 29 heavy (non-hydrogen) atoms. The van der Waals surface area contributed by atoms with Gasteiger partial charge in [0.1, 0.15) is 0 Å². The number of ketones is 1. The number of benzene rings is 2. The fourth-order valence-corrected chi connectivity index (χ4v) is 3.57. The molecule has 0 fully saturated rings. The van der Waals surface area contributed by atoms with Crippen LogP contribution in [0.3, 0.4) is 0 Å². The second kappa shape index (κ2) is 10.4. The van der Waals surface area contributed by atoms with Crippen molar-refractivity contribution < 1.29 is 4.79 Å². The lowest BCUT2D eigenvalue weighted by Crippen LogP contribution is -2.22. The fraction of sp³-hybridized carbons (Fsp3) is 0.391. The molecule has 1 heterocycles. The Morgan fingerprint density at radius 3 is 2.34 bits per heavy atom. The number of Topliss-reactive ketones (excluding diaryl/α,β-unsaturated/α-hetero) is 1. The monoisotopic (exact) mass is 415 g/mol. The Morgan fingerprint density at radius 1 is 0.931 bits per heavy atom. The molecular weight excluding hydrogens is 386 g/mol. The molecule has 2 aromatic carbocycles. The van der Waals surface area contributed by atoms with Crippen molar-refractivity contribution in [2.75, 3.05) is 20.1 Å². The van der Waals surface area contributed by atoms with Crippen LogP contribution >= 0.6 is 12.4 Å². The molecule has 3 aromatic rings. The molecule has 0 saturated heterocycles. The zero-order valence-electron chi connectivity index (χ0n) is 17.4. The van der Waals surface area contributed by atoms with Gasteiger partial charge in [0.2, 0.25) is 0 Å². The van der Waals surface area contributed by atoms with Gasteiger partial charge in [-0.1, -0.05) is 30.3 Å². The van der Waals surface area contributed by atoms with E-state index in [1.54, 1.807) is 23.2 Å². The molecule has 0 aliphatic rings. The molecule has 1 aromatic heterocycles. The Balaban J connectivity index is 0.00000300. The highest BCUT2D eigenvalue weighted by atomic mass is 35.5. The van der Waals surface area contributed by atoms with Crippen LogP contribution in [-0.4, -0.2) is 40.0 Å². The average Bonchev–Trinajstić information content (AvgIpc) is 2.94. The molecule has 6 heteroatoms. The molecule has 156 valence electrons. The van der Waals surface area contributed by atoms with Gasteiger partial charge in [-0.3, -0.25) is 13.9 Å². The van der Waals surface area contributed by atoms with Gasteiger partial charge >= 0.3 is 5.69 Å². The molecular formula is C23H30ClN3O2. The molecule has 3 rings (SSSR count). The number of rotatable bonds is 9. The third-order valence-corrected chi connectivity index (χ3v) is 5.41. The summed E-state index contributed by atoms with van der Waals surface area (Å²) < 4.78 is 3.20. The molecule has 0 unspecified atom stereocenters. The van der Waals surface area contributed by atoms with Crippen molar-refractivity contribution in [2.45, 2.75) is 25.7 Å². The predicted octanol–water partition coefficient (Wildman–Crippen LogP) is 3.83. The second-order valence-corrected chi connectivity index (χ2v) is 7.52. The highest BCUT2D eigenvalue weighted by Crippen LogP contribution is 2.16. The molecule has 0 saturated carbocycles. The fourth-order valence-electron chi connectivity index (χ4n) is 3.57. The van der Waals surface area contributed by atoms with Gasteiger partial charge in [-0.05, 0) is 56.6 Å². The van der Waals surface area contributed by atoms with Gasteiger partial charge in [-0.15, -0.1) is 12.4 Å². The summed E-state index contributed by atoms with van der Waals surface area (Å²) in [6, 6.07) is 16.0. The molecule has 0 amide bonds. The molecule has 0 spiro atoms. The first-order chi connectivity index (χ1) is 13.5. The lowest BCUT2D eigenvalue weighted by atomic mass is 10.0. The minimum Gasteiger partial charge on any atom is -0.306 e. The Morgan fingerprint density at radius 2 is 1.62 bits per heavy atom. The number of halogens is 1. The van der Waals surface area contributed by atoms with Crippen LogP contribution in [0.2, 0.25) is 0 Å². The molecule has 0 aliphatic heterocycles.